The van der Waals surface area contributed by atoms with E-state index in [1.165, 1.54) is 24.9 Å². The molecule has 1 heterocycles. The molecule has 1 fully saturated rings. The van der Waals surface area contributed by atoms with Gasteiger partial charge >= 0.3 is 0 Å². The molecule has 1 unspecified atom stereocenters. The largest absolute Gasteiger partial charge is 0.490 e. The lowest BCUT2D eigenvalue weighted by Gasteiger charge is -2.23. The van der Waals surface area contributed by atoms with E-state index in [9.17, 15) is 0 Å². The van der Waals surface area contributed by atoms with Crippen LogP contribution >= 0.6 is 11.6 Å². The lowest BCUT2D eigenvalue weighted by Crippen LogP contribution is -2.37. The summed E-state index contributed by atoms with van der Waals surface area (Å²) in [5.74, 6) is 1.53. The van der Waals surface area contributed by atoms with Crippen LogP contribution in [0, 0.1) is 0 Å². The first-order valence-electron chi connectivity index (χ1n) is 10.3. The molecule has 1 saturated heterocycles. The van der Waals surface area contributed by atoms with Gasteiger partial charge in [-0.1, -0.05) is 42.8 Å². The Balaban J connectivity index is 1.58. The topological polar surface area (TPSA) is 33.7 Å². The quantitative estimate of drug-likeness (QED) is 0.613. The van der Waals surface area contributed by atoms with Crippen LogP contribution in [-0.4, -0.2) is 37.2 Å². The summed E-state index contributed by atoms with van der Waals surface area (Å²) in [7, 11) is 0. The van der Waals surface area contributed by atoms with Crippen LogP contribution in [0.2, 0.25) is 5.02 Å². The number of hydrogen-bond acceptors (Lipinski definition) is 4. The van der Waals surface area contributed by atoms with Crippen LogP contribution in [-0.2, 0) is 13.2 Å². The zero-order valence-electron chi connectivity index (χ0n) is 16.9. The number of likely N-dealkylation sites (N-methyl/N-ethyl adjacent to an activating group) is 1. The monoisotopic (exact) mass is 402 g/mol. The minimum atomic E-state index is 0.422. The second kappa shape index (κ2) is 10.7. The SMILES string of the molecule is CCOc1cc(CNCC2CCCN2CC)ccc1OCc1ccccc1Cl. The van der Waals surface area contributed by atoms with E-state index in [0.29, 0.717) is 24.3 Å². The molecule has 5 heteroatoms. The molecule has 152 valence electrons. The third-order valence-corrected chi connectivity index (χ3v) is 5.63. The average molecular weight is 403 g/mol. The van der Waals surface area contributed by atoms with E-state index in [4.69, 9.17) is 21.1 Å². The maximum Gasteiger partial charge on any atom is 0.161 e. The molecule has 2 aromatic rings. The van der Waals surface area contributed by atoms with Gasteiger partial charge in [0.1, 0.15) is 6.61 Å². The van der Waals surface area contributed by atoms with E-state index in [2.05, 4.69) is 29.3 Å². The van der Waals surface area contributed by atoms with E-state index >= 15 is 0 Å². The Bertz CT molecular complexity index is 753. The summed E-state index contributed by atoms with van der Waals surface area (Å²) in [6.07, 6.45) is 2.60. The lowest BCUT2D eigenvalue weighted by atomic mass is 10.1. The third kappa shape index (κ3) is 5.63. The highest BCUT2D eigenvalue weighted by molar-refractivity contribution is 6.31. The predicted molar refractivity (Wildman–Crippen MR) is 115 cm³/mol. The standard InChI is InChI=1S/C23H31ClN2O2/c1-3-26-13-7-9-20(26)16-25-15-18-11-12-22(23(14-18)27-4-2)28-17-19-8-5-6-10-21(19)24/h5-6,8,10-12,14,20,25H,3-4,7,9,13,15-17H2,1-2H3. The van der Waals surface area contributed by atoms with Crippen LogP contribution in [0.3, 0.4) is 0 Å². The normalized spacial score (nSPS) is 17.0. The number of benzene rings is 2. The summed E-state index contributed by atoms with van der Waals surface area (Å²) >= 11 is 6.23. The van der Waals surface area contributed by atoms with Crippen molar-refractivity contribution in [2.75, 3.05) is 26.2 Å². The Labute approximate surface area is 173 Å². The van der Waals surface area contributed by atoms with E-state index in [1.807, 2.05) is 37.3 Å². The number of hydrogen-bond donors (Lipinski definition) is 1. The first-order chi connectivity index (χ1) is 13.7. The Morgan fingerprint density at radius 1 is 1.11 bits per heavy atom. The maximum absolute atomic E-state index is 6.23. The fourth-order valence-electron chi connectivity index (χ4n) is 3.75. The summed E-state index contributed by atoms with van der Waals surface area (Å²) < 4.78 is 11.8. The summed E-state index contributed by atoms with van der Waals surface area (Å²) in [6.45, 7) is 9.49. The average Bonchev–Trinajstić information content (AvgIpc) is 3.16. The minimum absolute atomic E-state index is 0.422. The van der Waals surface area contributed by atoms with Crippen molar-refractivity contribution in [2.45, 2.75) is 45.9 Å². The van der Waals surface area contributed by atoms with Gasteiger partial charge in [-0.3, -0.25) is 4.90 Å². The van der Waals surface area contributed by atoms with Crippen LogP contribution in [0.25, 0.3) is 0 Å². The first kappa shape index (κ1) is 21.0. The van der Waals surface area contributed by atoms with Gasteiger partial charge in [0, 0.05) is 29.7 Å². The first-order valence-corrected chi connectivity index (χ1v) is 10.7. The Hall–Kier alpha value is -1.75. The number of halogens is 1. The van der Waals surface area contributed by atoms with Crippen LogP contribution in [0.1, 0.15) is 37.8 Å². The Morgan fingerprint density at radius 2 is 1.96 bits per heavy atom. The van der Waals surface area contributed by atoms with Gasteiger partial charge in [0.25, 0.3) is 0 Å². The molecular weight excluding hydrogens is 372 g/mol. The minimum Gasteiger partial charge on any atom is -0.490 e. The molecule has 0 amide bonds. The molecular formula is C23H31ClN2O2. The van der Waals surface area contributed by atoms with E-state index in [1.54, 1.807) is 0 Å². The molecule has 0 bridgehead atoms. The van der Waals surface area contributed by atoms with Gasteiger partial charge in [-0.25, -0.2) is 0 Å². The van der Waals surface area contributed by atoms with Gasteiger partial charge in [-0.2, -0.15) is 0 Å². The number of rotatable bonds is 10. The third-order valence-electron chi connectivity index (χ3n) is 5.26. The molecule has 2 aromatic carbocycles. The van der Waals surface area contributed by atoms with Gasteiger partial charge in [-0.15, -0.1) is 0 Å². The lowest BCUT2D eigenvalue weighted by molar-refractivity contribution is 0.259. The Kier molecular flexibility index (Phi) is 8.01. The summed E-state index contributed by atoms with van der Waals surface area (Å²) in [4.78, 5) is 2.56. The second-order valence-corrected chi connectivity index (χ2v) is 7.56. The number of ether oxygens (including phenoxy) is 2. The van der Waals surface area contributed by atoms with Crippen molar-refractivity contribution in [3.63, 3.8) is 0 Å². The van der Waals surface area contributed by atoms with Gasteiger partial charge in [0.05, 0.1) is 6.61 Å². The number of likely N-dealkylation sites (tertiary alicyclic amines) is 1. The van der Waals surface area contributed by atoms with Crippen LogP contribution in [0.5, 0.6) is 11.5 Å². The molecule has 0 saturated carbocycles. The molecule has 0 radical (unpaired) electrons. The van der Waals surface area contributed by atoms with Crippen LogP contribution in [0.15, 0.2) is 42.5 Å². The maximum atomic E-state index is 6.23. The zero-order valence-corrected chi connectivity index (χ0v) is 17.7. The molecule has 4 nitrogen and oxygen atoms in total. The summed E-state index contributed by atoms with van der Waals surface area (Å²) in [6, 6.07) is 14.6. The van der Waals surface area contributed by atoms with E-state index < -0.39 is 0 Å². The van der Waals surface area contributed by atoms with Crippen molar-refractivity contribution >= 4 is 11.6 Å². The Morgan fingerprint density at radius 3 is 2.75 bits per heavy atom. The second-order valence-electron chi connectivity index (χ2n) is 7.15. The molecule has 0 aliphatic carbocycles. The van der Waals surface area contributed by atoms with Crippen molar-refractivity contribution in [3.05, 3.63) is 58.6 Å². The van der Waals surface area contributed by atoms with Gasteiger partial charge in [-0.05, 0) is 56.6 Å². The molecule has 28 heavy (non-hydrogen) atoms. The van der Waals surface area contributed by atoms with Crippen molar-refractivity contribution in [2.24, 2.45) is 0 Å². The fraction of sp³-hybridized carbons (Fsp3) is 0.478. The van der Waals surface area contributed by atoms with Crippen molar-refractivity contribution in [1.82, 2.24) is 10.2 Å². The number of nitrogens with zero attached hydrogens (tertiary/aromatic N) is 1. The van der Waals surface area contributed by atoms with Crippen molar-refractivity contribution in [3.8, 4) is 11.5 Å². The summed E-state index contributed by atoms with van der Waals surface area (Å²) in [5.41, 5.74) is 2.17. The predicted octanol–water partition coefficient (Wildman–Crippen LogP) is 4.89. The molecule has 1 aliphatic heterocycles. The van der Waals surface area contributed by atoms with Crippen LogP contribution in [0.4, 0.5) is 0 Å². The summed E-state index contributed by atoms with van der Waals surface area (Å²) in [5, 5.41) is 4.32. The highest BCUT2D eigenvalue weighted by Gasteiger charge is 2.22. The highest BCUT2D eigenvalue weighted by atomic mass is 35.5. The zero-order chi connectivity index (χ0) is 19.8. The molecule has 3 rings (SSSR count). The van der Waals surface area contributed by atoms with E-state index in [-0.39, 0.29) is 0 Å². The number of nitrogens with one attached hydrogen (secondary N) is 1. The van der Waals surface area contributed by atoms with Gasteiger partial charge in [0.2, 0.25) is 0 Å². The van der Waals surface area contributed by atoms with Gasteiger partial charge < -0.3 is 14.8 Å². The van der Waals surface area contributed by atoms with Crippen molar-refractivity contribution < 1.29 is 9.47 Å². The molecule has 1 aliphatic rings. The molecule has 0 aromatic heterocycles. The van der Waals surface area contributed by atoms with Crippen LogP contribution < -0.4 is 14.8 Å². The molecule has 1 atom stereocenters. The van der Waals surface area contributed by atoms with Crippen molar-refractivity contribution in [1.29, 1.82) is 0 Å². The van der Waals surface area contributed by atoms with E-state index in [0.717, 1.165) is 36.7 Å². The van der Waals surface area contributed by atoms with Gasteiger partial charge in [0.15, 0.2) is 11.5 Å². The molecule has 1 N–H and O–H groups in total. The smallest absolute Gasteiger partial charge is 0.161 e. The fourth-order valence-corrected chi connectivity index (χ4v) is 3.94. The molecule has 0 spiro atoms. The highest BCUT2D eigenvalue weighted by Crippen LogP contribution is 2.30.